The Kier molecular flexibility index (Phi) is 6.75. The molecule has 1 aliphatic rings. The Bertz CT molecular complexity index is 927. The van der Waals surface area contributed by atoms with E-state index in [-0.39, 0.29) is 10.8 Å². The molecule has 2 aromatic carbocycles. The van der Waals surface area contributed by atoms with Gasteiger partial charge in [-0.2, -0.15) is 0 Å². The Balaban J connectivity index is 1.52. The van der Waals surface area contributed by atoms with Gasteiger partial charge in [-0.3, -0.25) is 9.69 Å². The van der Waals surface area contributed by atoms with E-state index in [4.69, 9.17) is 0 Å². The lowest BCUT2D eigenvalue weighted by atomic mass is 9.91. The van der Waals surface area contributed by atoms with Gasteiger partial charge in [-0.15, -0.1) is 0 Å². The molecule has 1 saturated heterocycles. The lowest BCUT2D eigenvalue weighted by molar-refractivity contribution is 0.0951. The largest absolute Gasteiger partial charge is 0.348 e. The summed E-state index contributed by atoms with van der Waals surface area (Å²) >= 11 is 0. The molecule has 0 saturated carbocycles. The van der Waals surface area contributed by atoms with E-state index < -0.39 is 9.84 Å². The number of carbonyl (C=O) groups excluding carboxylic acids is 1. The molecule has 1 heterocycles. The fourth-order valence-corrected chi connectivity index (χ4v) is 4.71. The van der Waals surface area contributed by atoms with Crippen LogP contribution in [0, 0.1) is 11.8 Å². The van der Waals surface area contributed by atoms with Gasteiger partial charge in [0.25, 0.3) is 5.91 Å². The van der Waals surface area contributed by atoms with E-state index in [1.54, 1.807) is 0 Å². The molecule has 2 aromatic rings. The molecule has 0 unspecified atom stereocenters. The summed E-state index contributed by atoms with van der Waals surface area (Å²) in [5.74, 6) is 1.28. The fourth-order valence-electron chi connectivity index (χ4n) is 4.08. The average Bonchev–Trinajstić information content (AvgIpc) is 2.66. The lowest BCUT2D eigenvalue weighted by Gasteiger charge is -2.35. The summed E-state index contributed by atoms with van der Waals surface area (Å²) < 4.78 is 23.0. The van der Waals surface area contributed by atoms with Gasteiger partial charge >= 0.3 is 0 Å². The zero-order valence-corrected chi connectivity index (χ0v) is 18.2. The minimum Gasteiger partial charge on any atom is -0.348 e. The van der Waals surface area contributed by atoms with Crippen molar-refractivity contribution in [3.8, 4) is 0 Å². The van der Waals surface area contributed by atoms with Crippen LogP contribution in [0.4, 0.5) is 0 Å². The highest BCUT2D eigenvalue weighted by atomic mass is 32.2. The number of piperidine rings is 1. The Morgan fingerprint density at radius 1 is 0.966 bits per heavy atom. The van der Waals surface area contributed by atoms with Gasteiger partial charge in [-0.25, -0.2) is 8.42 Å². The third-order valence-electron chi connectivity index (χ3n) is 5.37. The van der Waals surface area contributed by atoms with Gasteiger partial charge in [0.2, 0.25) is 0 Å². The lowest BCUT2D eigenvalue weighted by Crippen LogP contribution is -2.38. The zero-order chi connectivity index (χ0) is 21.0. The minimum absolute atomic E-state index is 0.210. The summed E-state index contributed by atoms with van der Waals surface area (Å²) in [6.45, 7) is 8.35. The Hall–Kier alpha value is -2.18. The molecule has 0 spiro atoms. The number of hydrogen-bond donors (Lipinski definition) is 1. The smallest absolute Gasteiger partial charge is 0.251 e. The maximum absolute atomic E-state index is 12.3. The Labute approximate surface area is 174 Å². The maximum Gasteiger partial charge on any atom is 0.251 e. The van der Waals surface area contributed by atoms with Crippen LogP contribution in [-0.4, -0.2) is 38.6 Å². The number of sulfone groups is 1. The van der Waals surface area contributed by atoms with E-state index >= 15 is 0 Å². The number of carbonyl (C=O) groups is 1. The van der Waals surface area contributed by atoms with Gasteiger partial charge in [0, 0.05) is 38.0 Å². The first-order valence-corrected chi connectivity index (χ1v) is 12.0. The number of hydrogen-bond acceptors (Lipinski definition) is 4. The van der Waals surface area contributed by atoms with Crippen molar-refractivity contribution in [1.29, 1.82) is 0 Å². The van der Waals surface area contributed by atoms with E-state index in [1.807, 2.05) is 0 Å². The van der Waals surface area contributed by atoms with Crippen LogP contribution in [-0.2, 0) is 22.9 Å². The molecule has 0 bridgehead atoms. The molecular formula is C23H30N2O3S. The molecule has 1 fully saturated rings. The predicted octanol–water partition coefficient (Wildman–Crippen LogP) is 3.50. The van der Waals surface area contributed by atoms with Crippen molar-refractivity contribution in [3.63, 3.8) is 0 Å². The summed E-state index contributed by atoms with van der Waals surface area (Å²) in [7, 11) is -3.26. The van der Waals surface area contributed by atoms with Crippen LogP contribution in [0.2, 0.25) is 0 Å². The Morgan fingerprint density at radius 2 is 1.52 bits per heavy atom. The number of likely N-dealkylation sites (tertiary alicyclic amines) is 1. The normalized spacial score (nSPS) is 20.4. The molecule has 5 nitrogen and oxygen atoms in total. The summed E-state index contributed by atoms with van der Waals surface area (Å²) in [5.41, 5.74) is 2.77. The van der Waals surface area contributed by atoms with Crippen LogP contribution in [0.25, 0.3) is 0 Å². The van der Waals surface area contributed by atoms with E-state index in [0.717, 1.165) is 43.3 Å². The van der Waals surface area contributed by atoms with Crippen molar-refractivity contribution in [1.82, 2.24) is 10.2 Å². The molecule has 3 rings (SSSR count). The Morgan fingerprint density at radius 3 is 2.07 bits per heavy atom. The number of rotatable bonds is 6. The molecule has 2 atom stereocenters. The minimum atomic E-state index is -3.26. The number of nitrogens with zero attached hydrogens (tertiary/aromatic N) is 1. The number of nitrogens with one attached hydrogen (secondary N) is 1. The second kappa shape index (κ2) is 9.09. The highest BCUT2D eigenvalue weighted by Crippen LogP contribution is 2.22. The van der Waals surface area contributed by atoms with Crippen molar-refractivity contribution in [2.75, 3.05) is 19.3 Å². The monoisotopic (exact) mass is 414 g/mol. The third-order valence-corrected chi connectivity index (χ3v) is 6.50. The topological polar surface area (TPSA) is 66.5 Å². The summed E-state index contributed by atoms with van der Waals surface area (Å²) in [6.07, 6.45) is 2.46. The molecule has 1 amide bonds. The van der Waals surface area contributed by atoms with E-state index in [2.05, 4.69) is 48.3 Å². The first kappa shape index (κ1) is 21.5. The molecule has 1 N–H and O–H groups in total. The van der Waals surface area contributed by atoms with Crippen LogP contribution in [0.3, 0.4) is 0 Å². The quantitative estimate of drug-likeness (QED) is 0.786. The van der Waals surface area contributed by atoms with Gasteiger partial charge in [-0.05, 0) is 53.6 Å². The molecule has 0 radical (unpaired) electrons. The molecule has 1 aliphatic heterocycles. The predicted molar refractivity (Wildman–Crippen MR) is 115 cm³/mol. The van der Waals surface area contributed by atoms with E-state index in [9.17, 15) is 13.2 Å². The van der Waals surface area contributed by atoms with Crippen LogP contribution in [0.1, 0.15) is 41.8 Å². The van der Waals surface area contributed by atoms with Crippen molar-refractivity contribution in [3.05, 3.63) is 65.2 Å². The maximum atomic E-state index is 12.3. The average molecular weight is 415 g/mol. The van der Waals surface area contributed by atoms with Crippen molar-refractivity contribution >= 4 is 15.7 Å². The highest BCUT2D eigenvalue weighted by Gasteiger charge is 2.21. The third kappa shape index (κ3) is 6.15. The summed E-state index contributed by atoms with van der Waals surface area (Å²) in [4.78, 5) is 15.0. The number of amides is 1. The molecule has 156 valence electrons. The van der Waals surface area contributed by atoms with Crippen LogP contribution >= 0.6 is 0 Å². The first-order chi connectivity index (χ1) is 13.7. The SMILES string of the molecule is C[C@@H]1C[C@H](C)CN(Cc2ccc(CNC(=O)c3ccc(S(C)(=O)=O)cc3)cc2)C1. The standard InChI is InChI=1S/C23H30N2O3S/c1-17-12-18(2)15-25(14-17)16-20-6-4-19(5-7-20)13-24-23(26)21-8-10-22(11-9-21)29(3,27)28/h4-11,17-18H,12-16H2,1-3H3,(H,24,26)/t17-,18+. The van der Waals surface area contributed by atoms with E-state index in [0.29, 0.717) is 12.1 Å². The summed E-state index contributed by atoms with van der Waals surface area (Å²) in [6, 6.07) is 14.4. The molecule has 6 heteroatoms. The highest BCUT2D eigenvalue weighted by molar-refractivity contribution is 7.90. The van der Waals surface area contributed by atoms with Gasteiger partial charge in [0.1, 0.15) is 0 Å². The van der Waals surface area contributed by atoms with Crippen molar-refractivity contribution in [2.24, 2.45) is 11.8 Å². The molecule has 29 heavy (non-hydrogen) atoms. The number of benzene rings is 2. The van der Waals surface area contributed by atoms with Crippen LogP contribution in [0.15, 0.2) is 53.4 Å². The van der Waals surface area contributed by atoms with Gasteiger partial charge < -0.3 is 5.32 Å². The molecule has 0 aliphatic carbocycles. The van der Waals surface area contributed by atoms with Gasteiger partial charge in [0.05, 0.1) is 4.90 Å². The first-order valence-electron chi connectivity index (χ1n) is 10.1. The zero-order valence-electron chi connectivity index (χ0n) is 17.4. The van der Waals surface area contributed by atoms with Crippen molar-refractivity contribution in [2.45, 2.75) is 38.3 Å². The van der Waals surface area contributed by atoms with Crippen LogP contribution < -0.4 is 5.32 Å². The van der Waals surface area contributed by atoms with Crippen LogP contribution in [0.5, 0.6) is 0 Å². The van der Waals surface area contributed by atoms with Gasteiger partial charge in [-0.1, -0.05) is 38.1 Å². The second-order valence-corrected chi connectivity index (χ2v) is 10.5. The second-order valence-electron chi connectivity index (χ2n) is 8.44. The molecule has 0 aromatic heterocycles. The van der Waals surface area contributed by atoms with Gasteiger partial charge in [0.15, 0.2) is 9.84 Å². The van der Waals surface area contributed by atoms with Crippen molar-refractivity contribution < 1.29 is 13.2 Å². The summed E-state index contributed by atoms with van der Waals surface area (Å²) in [5, 5.41) is 2.89. The molecular weight excluding hydrogens is 384 g/mol. The van der Waals surface area contributed by atoms with E-state index in [1.165, 1.54) is 36.2 Å². The fraction of sp³-hybridized carbons (Fsp3) is 0.435.